The molecule has 6 nitrogen and oxygen atoms in total. The van der Waals surface area contributed by atoms with Gasteiger partial charge in [0.2, 0.25) is 0 Å². The van der Waals surface area contributed by atoms with Crippen LogP contribution in [-0.4, -0.2) is 30.8 Å². The predicted octanol–water partition coefficient (Wildman–Crippen LogP) is 1.47. The van der Waals surface area contributed by atoms with Crippen LogP contribution in [0.15, 0.2) is 30.5 Å². The van der Waals surface area contributed by atoms with E-state index in [9.17, 15) is 0 Å². The number of hydrogen-bond acceptors (Lipinski definition) is 4. The summed E-state index contributed by atoms with van der Waals surface area (Å²) < 4.78 is 2.17. The van der Waals surface area contributed by atoms with Gasteiger partial charge in [-0.1, -0.05) is 12.1 Å². The molecule has 0 bridgehead atoms. The van der Waals surface area contributed by atoms with Gasteiger partial charge in [-0.05, 0) is 41.1 Å². The number of hydrogen-bond donors (Lipinski definition) is 1. The summed E-state index contributed by atoms with van der Waals surface area (Å²) in [6, 6.07) is 9.49. The summed E-state index contributed by atoms with van der Waals surface area (Å²) in [4.78, 5) is 1.49. The van der Waals surface area contributed by atoms with E-state index in [1.165, 1.54) is 34.1 Å². The lowest BCUT2D eigenvalue weighted by atomic mass is 10.1. The van der Waals surface area contributed by atoms with Crippen LogP contribution >= 0.6 is 0 Å². The van der Waals surface area contributed by atoms with Crippen LogP contribution < -0.4 is 5.32 Å². The third-order valence-electron chi connectivity index (χ3n) is 3.87. The van der Waals surface area contributed by atoms with E-state index in [0.29, 0.717) is 6.54 Å². The molecule has 1 aliphatic carbocycles. The van der Waals surface area contributed by atoms with E-state index in [1.807, 2.05) is 0 Å². The molecule has 1 saturated carbocycles. The minimum atomic E-state index is 0.650. The molecule has 2 heterocycles. The van der Waals surface area contributed by atoms with Crippen molar-refractivity contribution in [3.63, 3.8) is 0 Å². The van der Waals surface area contributed by atoms with E-state index in [2.05, 4.69) is 55.8 Å². The SMILES string of the molecule is Cn1nnc(Cn2ccc3ccc(CNC4CC4)cc32)n1. The normalized spacial score (nSPS) is 14.9. The molecular weight excluding hydrogens is 264 g/mol. The molecule has 0 amide bonds. The van der Waals surface area contributed by atoms with E-state index >= 15 is 0 Å². The molecule has 3 aromatic rings. The molecule has 21 heavy (non-hydrogen) atoms. The second-order valence-electron chi connectivity index (χ2n) is 5.69. The van der Waals surface area contributed by atoms with Crippen LogP contribution in [0.25, 0.3) is 10.9 Å². The number of aromatic nitrogens is 5. The van der Waals surface area contributed by atoms with Crippen molar-refractivity contribution in [3.05, 3.63) is 41.9 Å². The molecule has 0 aliphatic heterocycles. The van der Waals surface area contributed by atoms with Crippen molar-refractivity contribution in [1.82, 2.24) is 30.1 Å². The Balaban J connectivity index is 1.60. The summed E-state index contributed by atoms with van der Waals surface area (Å²) >= 11 is 0. The highest BCUT2D eigenvalue weighted by molar-refractivity contribution is 5.80. The van der Waals surface area contributed by atoms with Crippen molar-refractivity contribution in [3.8, 4) is 0 Å². The van der Waals surface area contributed by atoms with Crippen LogP contribution in [0.1, 0.15) is 24.2 Å². The predicted molar refractivity (Wildman–Crippen MR) is 79.7 cm³/mol. The highest BCUT2D eigenvalue weighted by Crippen LogP contribution is 2.21. The first kappa shape index (κ1) is 12.5. The van der Waals surface area contributed by atoms with Crippen LogP contribution in [-0.2, 0) is 20.1 Å². The number of tetrazole rings is 1. The van der Waals surface area contributed by atoms with E-state index in [1.54, 1.807) is 7.05 Å². The summed E-state index contributed by atoms with van der Waals surface area (Å²) in [5, 5.41) is 17.0. The standard InChI is InChI=1S/C15H18N6/c1-20-18-15(17-19-20)10-21-7-6-12-3-2-11(8-14(12)21)9-16-13-4-5-13/h2-3,6-8,13,16H,4-5,9-10H2,1H3. The average Bonchev–Trinajstić information content (AvgIpc) is 3.12. The molecule has 6 heteroatoms. The minimum absolute atomic E-state index is 0.650. The zero-order chi connectivity index (χ0) is 14.2. The van der Waals surface area contributed by atoms with Gasteiger partial charge >= 0.3 is 0 Å². The molecule has 0 radical (unpaired) electrons. The zero-order valence-electron chi connectivity index (χ0n) is 12.0. The fourth-order valence-electron chi connectivity index (χ4n) is 2.57. The summed E-state index contributed by atoms with van der Waals surface area (Å²) in [5.41, 5.74) is 2.54. The summed E-state index contributed by atoms with van der Waals surface area (Å²) in [6.07, 6.45) is 4.72. The van der Waals surface area contributed by atoms with E-state index in [4.69, 9.17) is 0 Å². The Labute approximate surface area is 122 Å². The third kappa shape index (κ3) is 2.67. The van der Waals surface area contributed by atoms with Crippen LogP contribution in [0.4, 0.5) is 0 Å². The van der Waals surface area contributed by atoms with Crippen molar-refractivity contribution in [2.24, 2.45) is 7.05 Å². The van der Waals surface area contributed by atoms with Crippen molar-refractivity contribution < 1.29 is 0 Å². The Morgan fingerprint density at radius 2 is 2.19 bits per heavy atom. The van der Waals surface area contributed by atoms with Gasteiger partial charge in [-0.25, -0.2) is 0 Å². The van der Waals surface area contributed by atoms with Gasteiger partial charge < -0.3 is 9.88 Å². The van der Waals surface area contributed by atoms with Crippen LogP contribution in [0, 0.1) is 0 Å². The maximum absolute atomic E-state index is 4.24. The van der Waals surface area contributed by atoms with Crippen LogP contribution in [0.5, 0.6) is 0 Å². The molecule has 2 aromatic heterocycles. The molecule has 1 N–H and O–H groups in total. The van der Waals surface area contributed by atoms with Gasteiger partial charge in [0.15, 0.2) is 5.82 Å². The van der Waals surface area contributed by atoms with Gasteiger partial charge in [-0.15, -0.1) is 10.2 Å². The van der Waals surface area contributed by atoms with E-state index in [-0.39, 0.29) is 0 Å². The molecule has 0 spiro atoms. The van der Waals surface area contributed by atoms with Crippen molar-refractivity contribution in [1.29, 1.82) is 0 Å². The van der Waals surface area contributed by atoms with Gasteiger partial charge in [0, 0.05) is 24.3 Å². The zero-order valence-corrected chi connectivity index (χ0v) is 12.0. The average molecular weight is 282 g/mol. The Bertz CT molecular complexity index is 767. The monoisotopic (exact) mass is 282 g/mol. The van der Waals surface area contributed by atoms with E-state index in [0.717, 1.165) is 18.4 Å². The van der Waals surface area contributed by atoms with Crippen molar-refractivity contribution >= 4 is 10.9 Å². The number of rotatable bonds is 5. The van der Waals surface area contributed by atoms with Crippen LogP contribution in [0.2, 0.25) is 0 Å². The fourth-order valence-corrected chi connectivity index (χ4v) is 2.57. The first-order chi connectivity index (χ1) is 10.3. The van der Waals surface area contributed by atoms with Gasteiger partial charge in [0.05, 0.1) is 13.6 Å². The van der Waals surface area contributed by atoms with Gasteiger partial charge in [0.1, 0.15) is 0 Å². The second kappa shape index (κ2) is 4.96. The largest absolute Gasteiger partial charge is 0.340 e. The Morgan fingerprint density at radius 1 is 1.29 bits per heavy atom. The van der Waals surface area contributed by atoms with Crippen molar-refractivity contribution in [2.75, 3.05) is 0 Å². The lowest BCUT2D eigenvalue weighted by molar-refractivity contribution is 0.625. The topological polar surface area (TPSA) is 60.6 Å². The molecular formula is C15H18N6. The second-order valence-corrected chi connectivity index (χ2v) is 5.69. The Hall–Kier alpha value is -2.21. The van der Waals surface area contributed by atoms with Gasteiger partial charge in [-0.2, -0.15) is 4.80 Å². The third-order valence-corrected chi connectivity index (χ3v) is 3.87. The molecule has 0 atom stereocenters. The first-order valence-electron chi connectivity index (χ1n) is 7.32. The highest BCUT2D eigenvalue weighted by Gasteiger charge is 2.19. The number of nitrogens with zero attached hydrogens (tertiary/aromatic N) is 5. The lowest BCUT2D eigenvalue weighted by Gasteiger charge is -2.06. The molecule has 0 unspecified atom stereocenters. The van der Waals surface area contributed by atoms with E-state index < -0.39 is 0 Å². The first-order valence-corrected chi connectivity index (χ1v) is 7.32. The summed E-state index contributed by atoms with van der Waals surface area (Å²) in [5.74, 6) is 0.733. The van der Waals surface area contributed by atoms with Crippen LogP contribution in [0.3, 0.4) is 0 Å². The van der Waals surface area contributed by atoms with Gasteiger partial charge in [-0.3, -0.25) is 0 Å². The molecule has 0 saturated heterocycles. The smallest absolute Gasteiger partial charge is 0.194 e. The minimum Gasteiger partial charge on any atom is -0.340 e. The Morgan fingerprint density at radius 3 is 2.95 bits per heavy atom. The maximum Gasteiger partial charge on any atom is 0.194 e. The Kier molecular flexibility index (Phi) is 2.96. The van der Waals surface area contributed by atoms with Gasteiger partial charge in [0.25, 0.3) is 0 Å². The number of nitrogens with one attached hydrogen (secondary N) is 1. The molecule has 1 aliphatic rings. The highest BCUT2D eigenvalue weighted by atomic mass is 15.6. The molecule has 1 aromatic carbocycles. The quantitative estimate of drug-likeness (QED) is 0.770. The number of benzene rings is 1. The summed E-state index contributed by atoms with van der Waals surface area (Å²) in [6.45, 7) is 1.59. The maximum atomic E-state index is 4.24. The van der Waals surface area contributed by atoms with Crippen molar-refractivity contribution in [2.45, 2.75) is 32.0 Å². The molecule has 1 fully saturated rings. The molecule has 108 valence electrons. The number of aryl methyl sites for hydroxylation is 1. The molecule has 4 rings (SSSR count). The fraction of sp³-hybridized carbons (Fsp3) is 0.400. The lowest BCUT2D eigenvalue weighted by Crippen LogP contribution is -2.15. The summed E-state index contributed by atoms with van der Waals surface area (Å²) in [7, 11) is 1.78. The number of fused-ring (bicyclic) bond motifs is 1.